The molecule has 0 spiro atoms. The third-order valence-corrected chi connectivity index (χ3v) is 5.52. The van der Waals surface area contributed by atoms with Crippen LogP contribution in [0.3, 0.4) is 0 Å². The van der Waals surface area contributed by atoms with Gasteiger partial charge in [0.05, 0.1) is 0 Å². The van der Waals surface area contributed by atoms with Crippen LogP contribution in [0.5, 0.6) is 0 Å². The maximum Gasteiger partial charge on any atom is 0.0123 e. The normalized spacial score (nSPS) is 43.7. The first kappa shape index (κ1) is 14.3. The molecule has 106 valence electrons. The average molecular weight is 252 g/mol. The minimum atomic E-state index is 0.687. The number of nitrogens with zero attached hydrogens (tertiary/aromatic N) is 1. The van der Waals surface area contributed by atoms with Gasteiger partial charge < -0.3 is 5.32 Å². The van der Waals surface area contributed by atoms with Crippen molar-refractivity contribution in [2.24, 2.45) is 11.8 Å². The van der Waals surface area contributed by atoms with Gasteiger partial charge in [0.15, 0.2) is 0 Å². The Morgan fingerprint density at radius 2 is 1.72 bits per heavy atom. The molecule has 2 fully saturated rings. The van der Waals surface area contributed by atoms with Gasteiger partial charge in [0.2, 0.25) is 0 Å². The van der Waals surface area contributed by atoms with E-state index in [-0.39, 0.29) is 0 Å². The first-order valence-electron chi connectivity index (χ1n) is 8.12. The monoisotopic (exact) mass is 252 g/mol. The van der Waals surface area contributed by atoms with Gasteiger partial charge in [-0.1, -0.05) is 20.8 Å². The van der Waals surface area contributed by atoms with Gasteiger partial charge in [-0.25, -0.2) is 0 Å². The lowest BCUT2D eigenvalue weighted by Gasteiger charge is -2.37. The molecule has 0 aromatic rings. The first-order chi connectivity index (χ1) is 8.61. The van der Waals surface area contributed by atoms with E-state index in [2.05, 4.69) is 37.9 Å². The largest absolute Gasteiger partial charge is 0.311 e. The fourth-order valence-electron chi connectivity index (χ4n) is 3.87. The highest BCUT2D eigenvalue weighted by Crippen LogP contribution is 2.35. The zero-order valence-corrected chi connectivity index (χ0v) is 12.8. The summed E-state index contributed by atoms with van der Waals surface area (Å²) >= 11 is 0. The van der Waals surface area contributed by atoms with Gasteiger partial charge in [0.1, 0.15) is 0 Å². The molecule has 2 aliphatic rings. The van der Waals surface area contributed by atoms with E-state index >= 15 is 0 Å². The number of rotatable bonds is 2. The Bertz CT molecular complexity index is 253. The van der Waals surface area contributed by atoms with E-state index in [1.807, 2.05) is 0 Å². The predicted octanol–water partition coefficient (Wildman–Crippen LogP) is 3.27. The summed E-state index contributed by atoms with van der Waals surface area (Å²) in [6.07, 6.45) is 6.79. The second-order valence-electron chi connectivity index (χ2n) is 6.77. The number of hydrogen-bond acceptors (Lipinski definition) is 2. The van der Waals surface area contributed by atoms with Gasteiger partial charge in [0, 0.05) is 18.1 Å². The Kier molecular flexibility index (Phi) is 5.08. The Morgan fingerprint density at radius 1 is 1.00 bits per heavy atom. The van der Waals surface area contributed by atoms with Crippen LogP contribution in [0, 0.1) is 11.8 Å². The molecule has 2 rings (SSSR count). The lowest BCUT2D eigenvalue weighted by molar-refractivity contribution is 0.129. The van der Waals surface area contributed by atoms with Crippen LogP contribution < -0.4 is 5.32 Å². The molecule has 1 N–H and O–H groups in total. The average Bonchev–Trinajstić information content (AvgIpc) is 2.66. The third-order valence-electron chi connectivity index (χ3n) is 5.52. The molecule has 5 atom stereocenters. The van der Waals surface area contributed by atoms with Crippen molar-refractivity contribution in [1.29, 1.82) is 0 Å². The van der Waals surface area contributed by atoms with E-state index in [1.165, 1.54) is 45.2 Å². The molecule has 0 radical (unpaired) electrons. The van der Waals surface area contributed by atoms with Crippen LogP contribution in [0.15, 0.2) is 0 Å². The minimum Gasteiger partial charge on any atom is -0.311 e. The Balaban J connectivity index is 1.95. The van der Waals surface area contributed by atoms with E-state index in [0.717, 1.165) is 23.9 Å². The van der Waals surface area contributed by atoms with Crippen molar-refractivity contribution in [3.63, 3.8) is 0 Å². The summed E-state index contributed by atoms with van der Waals surface area (Å²) in [7, 11) is 0. The summed E-state index contributed by atoms with van der Waals surface area (Å²) in [5.74, 6) is 1.82. The first-order valence-corrected chi connectivity index (χ1v) is 8.12. The molecular formula is C16H32N2. The summed E-state index contributed by atoms with van der Waals surface area (Å²) in [5, 5.41) is 3.77. The Morgan fingerprint density at radius 3 is 2.33 bits per heavy atom. The van der Waals surface area contributed by atoms with E-state index in [1.54, 1.807) is 0 Å². The quantitative estimate of drug-likeness (QED) is 0.811. The van der Waals surface area contributed by atoms with Gasteiger partial charge >= 0.3 is 0 Å². The molecular weight excluding hydrogens is 220 g/mol. The van der Waals surface area contributed by atoms with Crippen LogP contribution in [-0.2, 0) is 0 Å². The standard InChI is InChI=1S/C16H32N2/c1-5-15-9-11-18(10-8-13(3)17-15)16-7-6-12(2)14(16)4/h12-17H,5-11H2,1-4H3. The third kappa shape index (κ3) is 3.27. The highest BCUT2D eigenvalue weighted by molar-refractivity contribution is 4.89. The van der Waals surface area contributed by atoms with Crippen LogP contribution in [0.2, 0.25) is 0 Å². The molecule has 0 aromatic heterocycles. The Labute approximate surface area is 114 Å². The van der Waals surface area contributed by atoms with E-state index in [9.17, 15) is 0 Å². The van der Waals surface area contributed by atoms with Crippen LogP contribution >= 0.6 is 0 Å². The Hall–Kier alpha value is -0.0800. The molecule has 1 saturated carbocycles. The fourth-order valence-corrected chi connectivity index (χ4v) is 3.87. The van der Waals surface area contributed by atoms with Crippen LogP contribution in [0.4, 0.5) is 0 Å². The molecule has 5 unspecified atom stereocenters. The van der Waals surface area contributed by atoms with Crippen molar-refractivity contribution in [1.82, 2.24) is 10.2 Å². The molecule has 18 heavy (non-hydrogen) atoms. The van der Waals surface area contributed by atoms with Crippen molar-refractivity contribution >= 4 is 0 Å². The second kappa shape index (κ2) is 6.38. The van der Waals surface area contributed by atoms with Gasteiger partial charge in [0.25, 0.3) is 0 Å². The summed E-state index contributed by atoms with van der Waals surface area (Å²) in [4.78, 5) is 2.81. The highest BCUT2D eigenvalue weighted by Gasteiger charge is 2.34. The maximum absolute atomic E-state index is 3.77. The van der Waals surface area contributed by atoms with Crippen LogP contribution in [-0.4, -0.2) is 36.1 Å². The lowest BCUT2D eigenvalue weighted by Crippen LogP contribution is -2.47. The molecule has 1 saturated heterocycles. The summed E-state index contributed by atoms with van der Waals surface area (Å²) in [6.45, 7) is 12.2. The fraction of sp³-hybridized carbons (Fsp3) is 1.00. The zero-order valence-electron chi connectivity index (χ0n) is 12.8. The van der Waals surface area contributed by atoms with Gasteiger partial charge in [-0.05, 0) is 64.0 Å². The van der Waals surface area contributed by atoms with Crippen molar-refractivity contribution < 1.29 is 0 Å². The molecule has 1 aliphatic heterocycles. The summed E-state index contributed by atoms with van der Waals surface area (Å²) < 4.78 is 0. The van der Waals surface area contributed by atoms with E-state index < -0.39 is 0 Å². The highest BCUT2D eigenvalue weighted by atomic mass is 15.2. The molecule has 2 heteroatoms. The molecule has 1 aliphatic carbocycles. The molecule has 0 amide bonds. The van der Waals surface area contributed by atoms with Crippen LogP contribution in [0.25, 0.3) is 0 Å². The summed E-state index contributed by atoms with van der Waals surface area (Å²) in [5.41, 5.74) is 0. The zero-order chi connectivity index (χ0) is 13.1. The SMILES string of the molecule is CCC1CCN(C2CCC(C)C2C)CCC(C)N1. The molecule has 0 aromatic carbocycles. The van der Waals surface area contributed by atoms with E-state index in [4.69, 9.17) is 0 Å². The van der Waals surface area contributed by atoms with E-state index in [0.29, 0.717) is 6.04 Å². The van der Waals surface area contributed by atoms with Crippen molar-refractivity contribution in [2.45, 2.75) is 77.9 Å². The van der Waals surface area contributed by atoms with Gasteiger partial charge in [-0.3, -0.25) is 4.90 Å². The van der Waals surface area contributed by atoms with Crippen molar-refractivity contribution in [2.75, 3.05) is 13.1 Å². The van der Waals surface area contributed by atoms with Gasteiger partial charge in [-0.2, -0.15) is 0 Å². The van der Waals surface area contributed by atoms with Crippen molar-refractivity contribution in [3.8, 4) is 0 Å². The summed E-state index contributed by atoms with van der Waals surface area (Å²) in [6, 6.07) is 2.28. The minimum absolute atomic E-state index is 0.687. The molecule has 2 nitrogen and oxygen atoms in total. The predicted molar refractivity (Wildman–Crippen MR) is 78.8 cm³/mol. The van der Waals surface area contributed by atoms with Gasteiger partial charge in [-0.15, -0.1) is 0 Å². The van der Waals surface area contributed by atoms with Crippen molar-refractivity contribution in [3.05, 3.63) is 0 Å². The topological polar surface area (TPSA) is 15.3 Å². The smallest absolute Gasteiger partial charge is 0.0123 e. The number of nitrogens with one attached hydrogen (secondary N) is 1. The molecule has 1 heterocycles. The lowest BCUT2D eigenvalue weighted by atomic mass is 9.95. The molecule has 0 bridgehead atoms. The number of hydrogen-bond donors (Lipinski definition) is 1. The maximum atomic E-state index is 3.77. The second-order valence-corrected chi connectivity index (χ2v) is 6.77. The van der Waals surface area contributed by atoms with Crippen LogP contribution in [0.1, 0.15) is 59.8 Å².